The number of rotatable bonds is 2. The maximum Gasteiger partial charge on any atom is 0.0247 e. The number of fused-ring (bicyclic) bond motifs is 1. The summed E-state index contributed by atoms with van der Waals surface area (Å²) in [5, 5.41) is 2.31. The van der Waals surface area contributed by atoms with Crippen LogP contribution in [0.3, 0.4) is 0 Å². The third-order valence-corrected chi connectivity index (χ3v) is 3.97. The van der Waals surface area contributed by atoms with Crippen molar-refractivity contribution < 1.29 is 0 Å². The Morgan fingerprint density at radius 1 is 1.54 bits per heavy atom. The molecule has 0 spiro atoms. The maximum atomic E-state index is 2.57. The zero-order valence-corrected chi connectivity index (χ0v) is 9.28. The Kier molecular flexibility index (Phi) is 2.70. The van der Waals surface area contributed by atoms with Gasteiger partial charge in [0.2, 0.25) is 0 Å². The van der Waals surface area contributed by atoms with Crippen LogP contribution >= 0.6 is 11.3 Å². The van der Waals surface area contributed by atoms with Crippen molar-refractivity contribution in [3.8, 4) is 0 Å². The van der Waals surface area contributed by atoms with E-state index in [2.05, 4.69) is 24.1 Å². The van der Waals surface area contributed by atoms with Crippen molar-refractivity contribution in [1.29, 1.82) is 0 Å². The lowest BCUT2D eigenvalue weighted by molar-refractivity contribution is 0.256. The summed E-state index contributed by atoms with van der Waals surface area (Å²) < 4.78 is 0. The first-order chi connectivity index (χ1) is 6.31. The lowest BCUT2D eigenvalue weighted by Crippen LogP contribution is -2.30. The predicted octanol–water partition coefficient (Wildman–Crippen LogP) is 2.82. The third-order valence-electron chi connectivity index (χ3n) is 2.77. The predicted molar refractivity (Wildman–Crippen MR) is 58.3 cm³/mol. The smallest absolute Gasteiger partial charge is 0.0247 e. The van der Waals surface area contributed by atoms with Gasteiger partial charge >= 0.3 is 0 Å². The lowest BCUT2D eigenvalue weighted by Gasteiger charge is -2.26. The summed E-state index contributed by atoms with van der Waals surface area (Å²) in [6.45, 7) is 8.22. The van der Waals surface area contributed by atoms with E-state index in [0.29, 0.717) is 0 Å². The first-order valence-corrected chi connectivity index (χ1v) is 5.97. The van der Waals surface area contributed by atoms with Gasteiger partial charge in [-0.15, -0.1) is 11.3 Å². The van der Waals surface area contributed by atoms with Gasteiger partial charge in [-0.1, -0.05) is 6.92 Å². The summed E-state index contributed by atoms with van der Waals surface area (Å²) in [5.74, 6) is 0. The second-order valence-electron chi connectivity index (χ2n) is 3.85. The minimum atomic E-state index is 1.19. The van der Waals surface area contributed by atoms with E-state index in [0.717, 1.165) is 0 Å². The van der Waals surface area contributed by atoms with Crippen molar-refractivity contribution in [2.75, 3.05) is 13.1 Å². The van der Waals surface area contributed by atoms with Crippen LogP contribution in [-0.2, 0) is 13.0 Å². The third kappa shape index (κ3) is 1.79. The van der Waals surface area contributed by atoms with Gasteiger partial charge < -0.3 is 0 Å². The van der Waals surface area contributed by atoms with Crippen LogP contribution in [0.1, 0.15) is 29.3 Å². The molecule has 0 fully saturated rings. The zero-order chi connectivity index (χ0) is 9.26. The van der Waals surface area contributed by atoms with Crippen LogP contribution in [0, 0.1) is 6.92 Å². The molecule has 1 aromatic rings. The molecule has 0 aliphatic carbocycles. The van der Waals surface area contributed by atoms with E-state index in [4.69, 9.17) is 0 Å². The highest BCUT2D eigenvalue weighted by molar-refractivity contribution is 7.10. The van der Waals surface area contributed by atoms with Gasteiger partial charge in [0, 0.05) is 18.0 Å². The molecular weight excluding hydrogens is 178 g/mol. The SMILES string of the molecule is CCCN1CCc2scc(C)c2C1. The minimum absolute atomic E-state index is 1.19. The average Bonchev–Trinajstić information content (AvgIpc) is 2.49. The van der Waals surface area contributed by atoms with Gasteiger partial charge in [0.05, 0.1) is 0 Å². The number of nitrogens with zero attached hydrogens (tertiary/aromatic N) is 1. The second-order valence-corrected chi connectivity index (χ2v) is 4.81. The van der Waals surface area contributed by atoms with E-state index < -0.39 is 0 Å². The number of hydrogen-bond acceptors (Lipinski definition) is 2. The van der Waals surface area contributed by atoms with Crippen molar-refractivity contribution in [3.63, 3.8) is 0 Å². The second kappa shape index (κ2) is 3.81. The fraction of sp³-hybridized carbons (Fsp3) is 0.636. The van der Waals surface area contributed by atoms with Crippen molar-refractivity contribution in [2.45, 2.75) is 33.2 Å². The van der Waals surface area contributed by atoms with Gasteiger partial charge in [0.15, 0.2) is 0 Å². The number of thiophene rings is 1. The fourth-order valence-electron chi connectivity index (χ4n) is 2.01. The Balaban J connectivity index is 2.13. The summed E-state index contributed by atoms with van der Waals surface area (Å²) in [4.78, 5) is 4.20. The quantitative estimate of drug-likeness (QED) is 0.701. The van der Waals surface area contributed by atoms with Crippen molar-refractivity contribution in [1.82, 2.24) is 4.90 Å². The Bertz CT molecular complexity index is 290. The molecule has 1 aromatic heterocycles. The van der Waals surface area contributed by atoms with Crippen LogP contribution in [0.5, 0.6) is 0 Å². The summed E-state index contributed by atoms with van der Waals surface area (Å²) >= 11 is 1.95. The molecule has 13 heavy (non-hydrogen) atoms. The highest BCUT2D eigenvalue weighted by Crippen LogP contribution is 2.27. The molecule has 1 aliphatic rings. The molecule has 0 amide bonds. The molecule has 72 valence electrons. The molecule has 2 heterocycles. The molecule has 0 saturated carbocycles. The molecule has 0 saturated heterocycles. The van der Waals surface area contributed by atoms with Crippen molar-refractivity contribution >= 4 is 11.3 Å². The lowest BCUT2D eigenvalue weighted by atomic mass is 10.1. The first-order valence-electron chi connectivity index (χ1n) is 5.09. The van der Waals surface area contributed by atoms with Gasteiger partial charge in [0.1, 0.15) is 0 Å². The molecule has 1 aliphatic heterocycles. The number of hydrogen-bond donors (Lipinski definition) is 0. The maximum absolute atomic E-state index is 2.57. The summed E-state index contributed by atoms with van der Waals surface area (Å²) in [7, 11) is 0. The van der Waals surface area contributed by atoms with E-state index in [1.165, 1.54) is 38.0 Å². The van der Waals surface area contributed by atoms with Crippen LogP contribution in [0.15, 0.2) is 5.38 Å². The zero-order valence-electron chi connectivity index (χ0n) is 8.47. The van der Waals surface area contributed by atoms with E-state index in [1.54, 1.807) is 10.4 Å². The monoisotopic (exact) mass is 195 g/mol. The highest BCUT2D eigenvalue weighted by atomic mass is 32.1. The first kappa shape index (κ1) is 9.22. The molecule has 2 rings (SSSR count). The fourth-order valence-corrected chi connectivity index (χ4v) is 3.05. The largest absolute Gasteiger partial charge is 0.299 e. The Morgan fingerprint density at radius 3 is 3.15 bits per heavy atom. The van der Waals surface area contributed by atoms with Crippen LogP contribution in [-0.4, -0.2) is 18.0 Å². The topological polar surface area (TPSA) is 3.24 Å². The van der Waals surface area contributed by atoms with E-state index in [1.807, 2.05) is 11.3 Å². The van der Waals surface area contributed by atoms with Crippen LogP contribution < -0.4 is 0 Å². The Hall–Kier alpha value is -0.340. The Morgan fingerprint density at radius 2 is 2.38 bits per heavy atom. The van der Waals surface area contributed by atoms with Crippen LogP contribution in [0.2, 0.25) is 0 Å². The summed E-state index contributed by atoms with van der Waals surface area (Å²) in [6.07, 6.45) is 2.55. The minimum Gasteiger partial charge on any atom is -0.299 e. The molecule has 0 bridgehead atoms. The molecule has 0 unspecified atom stereocenters. The summed E-state index contributed by atoms with van der Waals surface area (Å²) in [6, 6.07) is 0. The Labute approximate surface area is 84.4 Å². The van der Waals surface area contributed by atoms with Crippen LogP contribution in [0.25, 0.3) is 0 Å². The van der Waals surface area contributed by atoms with Crippen LogP contribution in [0.4, 0.5) is 0 Å². The molecule has 0 radical (unpaired) electrons. The van der Waals surface area contributed by atoms with E-state index in [-0.39, 0.29) is 0 Å². The van der Waals surface area contributed by atoms with Gasteiger partial charge in [-0.3, -0.25) is 4.90 Å². The average molecular weight is 195 g/mol. The molecule has 1 nitrogen and oxygen atoms in total. The molecular formula is C11H17NS. The van der Waals surface area contributed by atoms with Gasteiger partial charge in [-0.25, -0.2) is 0 Å². The van der Waals surface area contributed by atoms with Gasteiger partial charge in [-0.2, -0.15) is 0 Å². The van der Waals surface area contributed by atoms with Gasteiger partial charge in [-0.05, 0) is 42.8 Å². The number of aryl methyl sites for hydroxylation is 1. The highest BCUT2D eigenvalue weighted by Gasteiger charge is 2.18. The molecule has 2 heteroatoms. The molecule has 0 aromatic carbocycles. The van der Waals surface area contributed by atoms with E-state index in [9.17, 15) is 0 Å². The van der Waals surface area contributed by atoms with Crippen molar-refractivity contribution in [3.05, 3.63) is 21.4 Å². The standard InChI is InChI=1S/C11H17NS/c1-3-5-12-6-4-11-10(7-12)9(2)8-13-11/h8H,3-7H2,1-2H3. The van der Waals surface area contributed by atoms with Crippen molar-refractivity contribution in [2.24, 2.45) is 0 Å². The van der Waals surface area contributed by atoms with E-state index >= 15 is 0 Å². The van der Waals surface area contributed by atoms with Gasteiger partial charge in [0.25, 0.3) is 0 Å². The molecule has 0 N–H and O–H groups in total. The molecule has 0 atom stereocenters. The summed E-state index contributed by atoms with van der Waals surface area (Å²) in [5.41, 5.74) is 3.12. The normalized spacial score (nSPS) is 17.4.